The Kier molecular flexibility index (Phi) is 4.57. The lowest BCUT2D eigenvalue weighted by atomic mass is 10.3. The Morgan fingerprint density at radius 3 is 3.16 bits per heavy atom. The Hall–Kier alpha value is -1.82. The molecule has 0 spiro atoms. The minimum atomic E-state index is -0.228. The van der Waals surface area contributed by atoms with E-state index in [2.05, 4.69) is 20.5 Å². The van der Waals surface area contributed by atoms with E-state index >= 15 is 0 Å². The summed E-state index contributed by atoms with van der Waals surface area (Å²) in [6.45, 7) is 3.35. The van der Waals surface area contributed by atoms with Gasteiger partial charge in [-0.05, 0) is 25.5 Å². The van der Waals surface area contributed by atoms with Crippen LogP contribution in [0.3, 0.4) is 0 Å². The van der Waals surface area contributed by atoms with Gasteiger partial charge in [0.15, 0.2) is 0 Å². The molecule has 1 aliphatic rings. The van der Waals surface area contributed by atoms with Crippen molar-refractivity contribution < 1.29 is 9.90 Å². The fourth-order valence-corrected chi connectivity index (χ4v) is 2.12. The maximum Gasteiger partial charge on any atom is 0.315 e. The van der Waals surface area contributed by atoms with Crippen LogP contribution in [0.4, 0.5) is 10.6 Å². The molecule has 1 fully saturated rings. The van der Waals surface area contributed by atoms with Crippen molar-refractivity contribution in [3.8, 4) is 0 Å². The Bertz CT molecular complexity index is 412. The lowest BCUT2D eigenvalue weighted by Crippen LogP contribution is -2.47. The number of hydrogen-bond donors (Lipinski definition) is 3. The van der Waals surface area contributed by atoms with Crippen LogP contribution in [-0.4, -0.2) is 47.9 Å². The summed E-state index contributed by atoms with van der Waals surface area (Å²) in [5.41, 5.74) is 0. The van der Waals surface area contributed by atoms with E-state index in [0.29, 0.717) is 0 Å². The van der Waals surface area contributed by atoms with Gasteiger partial charge in [0.25, 0.3) is 0 Å². The Morgan fingerprint density at radius 2 is 2.47 bits per heavy atom. The first-order valence-corrected chi connectivity index (χ1v) is 6.53. The minimum Gasteiger partial charge on any atom is -0.394 e. The third kappa shape index (κ3) is 3.82. The number of nitrogens with zero attached hydrogens (tertiary/aromatic N) is 2. The molecule has 0 radical (unpaired) electrons. The summed E-state index contributed by atoms with van der Waals surface area (Å²) in [5, 5.41) is 14.5. The zero-order chi connectivity index (χ0) is 13.7. The van der Waals surface area contributed by atoms with Gasteiger partial charge in [0.1, 0.15) is 5.82 Å². The van der Waals surface area contributed by atoms with E-state index in [1.807, 2.05) is 18.2 Å². The van der Waals surface area contributed by atoms with Crippen molar-refractivity contribution in [1.82, 2.24) is 15.6 Å². The van der Waals surface area contributed by atoms with E-state index in [-0.39, 0.29) is 24.7 Å². The SMILES string of the molecule is C[C@@H](CO)NC(=O)NC1CCN(c2ccccn2)C1. The molecule has 1 aromatic rings. The van der Waals surface area contributed by atoms with Crippen LogP contribution in [0.1, 0.15) is 13.3 Å². The summed E-state index contributed by atoms with van der Waals surface area (Å²) >= 11 is 0. The number of amides is 2. The van der Waals surface area contributed by atoms with Crippen molar-refractivity contribution in [2.24, 2.45) is 0 Å². The molecule has 2 atom stereocenters. The van der Waals surface area contributed by atoms with Gasteiger partial charge in [-0.15, -0.1) is 0 Å². The molecule has 0 aliphatic carbocycles. The van der Waals surface area contributed by atoms with E-state index in [9.17, 15) is 4.79 Å². The predicted octanol–water partition coefficient (Wildman–Crippen LogP) is 0.340. The van der Waals surface area contributed by atoms with E-state index in [1.165, 1.54) is 0 Å². The summed E-state index contributed by atoms with van der Waals surface area (Å²) in [6, 6.07) is 5.48. The Labute approximate surface area is 112 Å². The second kappa shape index (κ2) is 6.38. The van der Waals surface area contributed by atoms with Gasteiger partial charge in [-0.25, -0.2) is 9.78 Å². The van der Waals surface area contributed by atoms with E-state index in [1.54, 1.807) is 13.1 Å². The molecule has 2 heterocycles. The van der Waals surface area contributed by atoms with E-state index in [0.717, 1.165) is 25.3 Å². The predicted molar refractivity (Wildman–Crippen MR) is 73.1 cm³/mol. The van der Waals surface area contributed by atoms with Crippen LogP contribution in [0, 0.1) is 0 Å². The number of carbonyl (C=O) groups is 1. The average Bonchev–Trinajstić information content (AvgIpc) is 2.88. The van der Waals surface area contributed by atoms with Crippen LogP contribution >= 0.6 is 0 Å². The zero-order valence-electron chi connectivity index (χ0n) is 11.0. The van der Waals surface area contributed by atoms with E-state index in [4.69, 9.17) is 5.11 Å². The third-order valence-corrected chi connectivity index (χ3v) is 3.15. The number of aromatic nitrogens is 1. The largest absolute Gasteiger partial charge is 0.394 e. The molecule has 0 aromatic carbocycles. The summed E-state index contributed by atoms with van der Waals surface area (Å²) in [4.78, 5) is 18.1. The summed E-state index contributed by atoms with van der Waals surface area (Å²) in [7, 11) is 0. The van der Waals surface area contributed by atoms with Crippen LogP contribution in [-0.2, 0) is 0 Å². The van der Waals surface area contributed by atoms with E-state index < -0.39 is 0 Å². The number of pyridine rings is 1. The number of nitrogens with one attached hydrogen (secondary N) is 2. The van der Waals surface area contributed by atoms with Crippen molar-refractivity contribution in [3.63, 3.8) is 0 Å². The van der Waals surface area contributed by atoms with Crippen LogP contribution in [0.2, 0.25) is 0 Å². The first-order chi connectivity index (χ1) is 9.19. The Balaban J connectivity index is 1.81. The Morgan fingerprint density at radius 1 is 1.63 bits per heavy atom. The number of rotatable bonds is 4. The molecule has 1 saturated heterocycles. The quantitative estimate of drug-likeness (QED) is 0.733. The molecule has 1 unspecified atom stereocenters. The van der Waals surface area contributed by atoms with Gasteiger partial charge >= 0.3 is 6.03 Å². The maximum absolute atomic E-state index is 11.6. The van der Waals surface area contributed by atoms with Crippen molar-refractivity contribution >= 4 is 11.8 Å². The molecule has 2 rings (SSSR count). The maximum atomic E-state index is 11.6. The van der Waals surface area contributed by atoms with Gasteiger partial charge in [0.05, 0.1) is 12.6 Å². The molecule has 0 bridgehead atoms. The topological polar surface area (TPSA) is 77.5 Å². The monoisotopic (exact) mass is 264 g/mol. The van der Waals surface area contributed by atoms with Crippen LogP contribution < -0.4 is 15.5 Å². The highest BCUT2D eigenvalue weighted by molar-refractivity contribution is 5.74. The lowest BCUT2D eigenvalue weighted by molar-refractivity contribution is 0.218. The van der Waals surface area contributed by atoms with Crippen LogP contribution in [0.15, 0.2) is 24.4 Å². The minimum absolute atomic E-state index is 0.0574. The number of anilines is 1. The molecule has 19 heavy (non-hydrogen) atoms. The normalized spacial score (nSPS) is 20.1. The first-order valence-electron chi connectivity index (χ1n) is 6.53. The number of aliphatic hydroxyl groups is 1. The van der Waals surface area contributed by atoms with Gasteiger partial charge < -0.3 is 20.6 Å². The molecule has 0 saturated carbocycles. The summed E-state index contributed by atoms with van der Waals surface area (Å²) < 4.78 is 0. The van der Waals surface area contributed by atoms with Crippen molar-refractivity contribution in [1.29, 1.82) is 0 Å². The fourth-order valence-electron chi connectivity index (χ4n) is 2.12. The number of urea groups is 1. The summed E-state index contributed by atoms with van der Waals surface area (Å²) in [6.07, 6.45) is 2.67. The zero-order valence-corrected chi connectivity index (χ0v) is 11.0. The third-order valence-electron chi connectivity index (χ3n) is 3.15. The molecular weight excluding hydrogens is 244 g/mol. The van der Waals surface area contributed by atoms with Crippen molar-refractivity contribution in [3.05, 3.63) is 24.4 Å². The molecule has 1 aromatic heterocycles. The molecular formula is C13H20N4O2. The highest BCUT2D eigenvalue weighted by atomic mass is 16.3. The van der Waals surface area contributed by atoms with Gasteiger partial charge in [-0.2, -0.15) is 0 Å². The second-order valence-electron chi connectivity index (χ2n) is 4.82. The van der Waals surface area contributed by atoms with Gasteiger partial charge in [-0.1, -0.05) is 6.07 Å². The highest BCUT2D eigenvalue weighted by Crippen LogP contribution is 2.17. The van der Waals surface area contributed by atoms with Gasteiger partial charge in [0, 0.05) is 25.3 Å². The van der Waals surface area contributed by atoms with Crippen LogP contribution in [0.25, 0.3) is 0 Å². The lowest BCUT2D eigenvalue weighted by Gasteiger charge is -2.18. The standard InChI is InChI=1S/C13H20N4O2/c1-10(9-18)15-13(19)16-11-5-7-17(8-11)12-4-2-3-6-14-12/h2-4,6,10-11,18H,5,7-9H2,1H3,(H2,15,16,19)/t10-,11?/m0/s1. The highest BCUT2D eigenvalue weighted by Gasteiger charge is 2.24. The molecule has 3 N–H and O–H groups in total. The first kappa shape index (κ1) is 13.6. The second-order valence-corrected chi connectivity index (χ2v) is 4.82. The van der Waals surface area contributed by atoms with Crippen molar-refractivity contribution in [2.75, 3.05) is 24.6 Å². The van der Waals surface area contributed by atoms with Crippen LogP contribution in [0.5, 0.6) is 0 Å². The van der Waals surface area contributed by atoms with Gasteiger partial charge in [0.2, 0.25) is 0 Å². The average molecular weight is 264 g/mol. The van der Waals surface area contributed by atoms with Gasteiger partial charge in [-0.3, -0.25) is 0 Å². The molecule has 6 heteroatoms. The molecule has 2 amide bonds. The molecule has 1 aliphatic heterocycles. The van der Waals surface area contributed by atoms with Crippen molar-refractivity contribution in [2.45, 2.75) is 25.4 Å². The number of aliphatic hydroxyl groups excluding tert-OH is 1. The fraction of sp³-hybridized carbons (Fsp3) is 0.538. The number of carbonyl (C=O) groups excluding carboxylic acids is 1. The number of hydrogen-bond acceptors (Lipinski definition) is 4. The molecule has 6 nitrogen and oxygen atoms in total. The smallest absolute Gasteiger partial charge is 0.315 e. The molecule has 104 valence electrons. The summed E-state index contributed by atoms with van der Waals surface area (Å²) in [5.74, 6) is 0.941.